The van der Waals surface area contributed by atoms with E-state index in [0.29, 0.717) is 19.4 Å². The number of hydrogen-bond acceptors (Lipinski definition) is 3. The third kappa shape index (κ3) is 5.32. The summed E-state index contributed by atoms with van der Waals surface area (Å²) in [6.45, 7) is 0.720. The number of pyridine rings is 1. The lowest BCUT2D eigenvalue weighted by molar-refractivity contribution is -0.138. The molecule has 0 atom stereocenters. The van der Waals surface area contributed by atoms with Gasteiger partial charge in [-0.15, -0.1) is 0 Å². The maximum absolute atomic E-state index is 12.8. The largest absolute Gasteiger partial charge is 0.417 e. The zero-order chi connectivity index (χ0) is 18.4. The molecule has 4 nitrogen and oxygen atoms in total. The minimum absolute atomic E-state index is 0.0355. The van der Waals surface area contributed by atoms with Crippen LogP contribution >= 0.6 is 11.6 Å². The van der Waals surface area contributed by atoms with Gasteiger partial charge < -0.3 is 9.84 Å². The first kappa shape index (κ1) is 19.5. The predicted octanol–water partition coefficient (Wildman–Crippen LogP) is 3.45. The van der Waals surface area contributed by atoms with Crippen molar-refractivity contribution in [3.8, 4) is 5.69 Å². The molecule has 1 N–H and O–H groups in total. The molecule has 1 aromatic heterocycles. The van der Waals surface area contributed by atoms with Crippen LogP contribution in [-0.2, 0) is 17.3 Å². The second kappa shape index (κ2) is 8.51. The molecule has 0 aliphatic heterocycles. The number of nitrogens with zero attached hydrogens (tertiary/aromatic N) is 1. The van der Waals surface area contributed by atoms with Gasteiger partial charge in [0.25, 0.3) is 5.56 Å². The molecular weight excluding hydrogens is 359 g/mol. The van der Waals surface area contributed by atoms with Gasteiger partial charge in [0.1, 0.15) is 0 Å². The van der Waals surface area contributed by atoms with E-state index in [1.165, 1.54) is 6.07 Å². The third-order valence-electron chi connectivity index (χ3n) is 3.50. The van der Waals surface area contributed by atoms with Gasteiger partial charge in [-0.2, -0.15) is 13.2 Å². The molecule has 1 aromatic carbocycles. The van der Waals surface area contributed by atoms with E-state index >= 15 is 0 Å². The summed E-state index contributed by atoms with van der Waals surface area (Å²) >= 11 is 6.16. The molecule has 0 radical (unpaired) electrons. The highest BCUT2D eigenvalue weighted by atomic mass is 35.5. The first-order valence-corrected chi connectivity index (χ1v) is 7.98. The molecule has 2 rings (SSSR count). The van der Waals surface area contributed by atoms with Crippen molar-refractivity contribution < 1.29 is 23.0 Å². The van der Waals surface area contributed by atoms with Gasteiger partial charge in [0.15, 0.2) is 0 Å². The molecule has 0 unspecified atom stereocenters. The van der Waals surface area contributed by atoms with Crippen LogP contribution in [0.15, 0.2) is 41.3 Å². The number of benzene rings is 1. The number of aryl methyl sites for hydroxylation is 1. The molecule has 136 valence electrons. The number of aliphatic hydroxyl groups excluding tert-OH is 1. The molecule has 0 bridgehead atoms. The van der Waals surface area contributed by atoms with Gasteiger partial charge in [-0.05, 0) is 36.6 Å². The van der Waals surface area contributed by atoms with Crippen molar-refractivity contribution in [1.82, 2.24) is 4.57 Å². The third-order valence-corrected chi connectivity index (χ3v) is 3.80. The van der Waals surface area contributed by atoms with Crippen LogP contribution < -0.4 is 5.56 Å². The van der Waals surface area contributed by atoms with E-state index in [-0.39, 0.29) is 23.9 Å². The second-order valence-corrected chi connectivity index (χ2v) is 5.76. The van der Waals surface area contributed by atoms with Gasteiger partial charge in [0.2, 0.25) is 0 Å². The Morgan fingerprint density at radius 1 is 1.16 bits per heavy atom. The SMILES string of the molecule is O=c1ccc(C(F)(F)F)cn1-c1ccc(CCCOCCO)cc1Cl. The molecule has 8 heteroatoms. The normalized spacial score (nSPS) is 11.7. The number of halogens is 4. The number of alkyl halides is 3. The fraction of sp³-hybridized carbons (Fsp3) is 0.353. The minimum Gasteiger partial charge on any atom is -0.394 e. The van der Waals surface area contributed by atoms with Crippen LogP contribution in [0.25, 0.3) is 5.69 Å². The van der Waals surface area contributed by atoms with E-state index in [1.54, 1.807) is 12.1 Å². The Morgan fingerprint density at radius 2 is 1.92 bits per heavy atom. The summed E-state index contributed by atoms with van der Waals surface area (Å²) in [6.07, 6.45) is -2.44. The first-order valence-electron chi connectivity index (χ1n) is 7.60. The smallest absolute Gasteiger partial charge is 0.394 e. The maximum Gasteiger partial charge on any atom is 0.417 e. The number of rotatable bonds is 7. The predicted molar refractivity (Wildman–Crippen MR) is 88.3 cm³/mol. The topological polar surface area (TPSA) is 51.5 Å². The lowest BCUT2D eigenvalue weighted by Crippen LogP contribution is -2.20. The highest BCUT2D eigenvalue weighted by Crippen LogP contribution is 2.29. The Balaban J connectivity index is 2.19. The lowest BCUT2D eigenvalue weighted by Gasteiger charge is -2.13. The molecular formula is C17H17ClF3NO3. The summed E-state index contributed by atoms with van der Waals surface area (Å²) in [6, 6.07) is 6.46. The molecule has 0 aliphatic rings. The number of aliphatic hydroxyl groups is 1. The van der Waals surface area contributed by atoms with E-state index in [9.17, 15) is 18.0 Å². The molecule has 0 aliphatic carbocycles. The fourth-order valence-electron chi connectivity index (χ4n) is 2.29. The minimum atomic E-state index is -4.55. The summed E-state index contributed by atoms with van der Waals surface area (Å²) in [5.74, 6) is 0. The van der Waals surface area contributed by atoms with Crippen LogP contribution in [0.5, 0.6) is 0 Å². The van der Waals surface area contributed by atoms with Crippen molar-refractivity contribution in [2.75, 3.05) is 19.8 Å². The summed E-state index contributed by atoms with van der Waals surface area (Å²) < 4.78 is 44.5. The van der Waals surface area contributed by atoms with Gasteiger partial charge >= 0.3 is 6.18 Å². The summed E-state index contributed by atoms with van der Waals surface area (Å²) in [4.78, 5) is 11.9. The van der Waals surface area contributed by atoms with Crippen LogP contribution in [0.2, 0.25) is 5.02 Å². The number of aromatic nitrogens is 1. The van der Waals surface area contributed by atoms with Gasteiger partial charge in [-0.25, -0.2) is 0 Å². The van der Waals surface area contributed by atoms with Gasteiger partial charge in [-0.1, -0.05) is 17.7 Å². The van der Waals surface area contributed by atoms with E-state index < -0.39 is 17.3 Å². The van der Waals surface area contributed by atoms with E-state index in [2.05, 4.69) is 0 Å². The number of ether oxygens (including phenoxy) is 1. The van der Waals surface area contributed by atoms with Crippen LogP contribution in [0, 0.1) is 0 Å². The second-order valence-electron chi connectivity index (χ2n) is 5.35. The maximum atomic E-state index is 12.8. The van der Waals surface area contributed by atoms with Crippen molar-refractivity contribution in [2.45, 2.75) is 19.0 Å². The standard InChI is InChI=1S/C17H17ClF3NO3/c18-14-10-12(2-1-8-25-9-7-23)3-5-15(14)22-11-13(17(19,20)21)4-6-16(22)24/h3-6,10-11,23H,1-2,7-9H2. The molecule has 0 spiro atoms. The average molecular weight is 376 g/mol. The Hall–Kier alpha value is -1.83. The van der Waals surface area contributed by atoms with Crippen molar-refractivity contribution in [1.29, 1.82) is 0 Å². The molecule has 25 heavy (non-hydrogen) atoms. The molecule has 0 saturated carbocycles. The Kier molecular flexibility index (Phi) is 6.64. The summed E-state index contributed by atoms with van der Waals surface area (Å²) in [7, 11) is 0. The fourth-order valence-corrected chi connectivity index (χ4v) is 2.58. The van der Waals surface area contributed by atoms with Crippen LogP contribution in [-0.4, -0.2) is 29.5 Å². The van der Waals surface area contributed by atoms with Crippen LogP contribution in [0.1, 0.15) is 17.5 Å². The highest BCUT2D eigenvalue weighted by molar-refractivity contribution is 6.32. The van der Waals surface area contributed by atoms with E-state index in [1.807, 2.05) is 0 Å². The van der Waals surface area contributed by atoms with Crippen molar-refractivity contribution >= 4 is 11.6 Å². The molecule has 0 amide bonds. The molecule has 2 aromatic rings. The zero-order valence-electron chi connectivity index (χ0n) is 13.2. The van der Waals surface area contributed by atoms with Gasteiger partial charge in [0, 0.05) is 18.9 Å². The van der Waals surface area contributed by atoms with E-state index in [0.717, 1.165) is 28.5 Å². The quantitative estimate of drug-likeness (QED) is 0.754. The zero-order valence-corrected chi connectivity index (χ0v) is 14.0. The van der Waals surface area contributed by atoms with Crippen molar-refractivity contribution in [2.24, 2.45) is 0 Å². The summed E-state index contributed by atoms with van der Waals surface area (Å²) in [5.41, 5.74) is -0.451. The Labute approximate surface area is 147 Å². The van der Waals surface area contributed by atoms with Gasteiger partial charge in [0.05, 0.1) is 29.5 Å². The van der Waals surface area contributed by atoms with Crippen LogP contribution in [0.4, 0.5) is 13.2 Å². The number of hydrogen-bond donors (Lipinski definition) is 1. The monoisotopic (exact) mass is 375 g/mol. The molecule has 1 heterocycles. The van der Waals surface area contributed by atoms with Crippen molar-refractivity contribution in [3.05, 3.63) is 63.0 Å². The lowest BCUT2D eigenvalue weighted by atomic mass is 10.1. The first-order chi connectivity index (χ1) is 11.8. The average Bonchev–Trinajstić information content (AvgIpc) is 2.54. The van der Waals surface area contributed by atoms with Crippen molar-refractivity contribution in [3.63, 3.8) is 0 Å². The highest BCUT2D eigenvalue weighted by Gasteiger charge is 2.31. The molecule has 0 saturated heterocycles. The Morgan fingerprint density at radius 3 is 2.56 bits per heavy atom. The Bertz CT molecular complexity index is 774. The summed E-state index contributed by atoms with van der Waals surface area (Å²) in [5, 5.41) is 8.80. The van der Waals surface area contributed by atoms with Crippen LogP contribution in [0.3, 0.4) is 0 Å². The molecule has 0 fully saturated rings. The van der Waals surface area contributed by atoms with E-state index in [4.69, 9.17) is 21.4 Å². The van der Waals surface area contributed by atoms with Gasteiger partial charge in [-0.3, -0.25) is 9.36 Å².